The molecule has 2 rings (SSSR count). The van der Waals surface area contributed by atoms with Crippen LogP contribution in [-0.2, 0) is 11.8 Å². The lowest BCUT2D eigenvalue weighted by molar-refractivity contribution is 0.0415. The molecule has 1 aliphatic heterocycles. The van der Waals surface area contributed by atoms with Gasteiger partial charge in [0.15, 0.2) is 0 Å². The summed E-state index contributed by atoms with van der Waals surface area (Å²) in [7, 11) is 5.23. The van der Waals surface area contributed by atoms with Gasteiger partial charge in [-0.3, -0.25) is 9.48 Å². The minimum Gasteiger partial charge on any atom is -0.381 e. The number of rotatable bonds is 5. The second-order valence-corrected chi connectivity index (χ2v) is 6.26. The first kappa shape index (κ1) is 18.3. The molecule has 0 aliphatic carbocycles. The van der Waals surface area contributed by atoms with Crippen LogP contribution < -0.4 is 5.32 Å². The van der Waals surface area contributed by atoms with Crippen molar-refractivity contribution in [2.45, 2.75) is 25.8 Å². The molecule has 1 fully saturated rings. The molecule has 1 aliphatic rings. The third kappa shape index (κ3) is 4.47. The van der Waals surface area contributed by atoms with Crippen LogP contribution in [0.15, 0.2) is 6.07 Å². The van der Waals surface area contributed by atoms with Crippen LogP contribution >= 0.6 is 0 Å². The standard InChI is InChI=1S/C16H27N5O3/c1-12-11-14(20(4)18-12)15(22)17-7-8-21(16(23)19(2)3)13-5-9-24-10-6-13/h11,13H,5-10H2,1-4H3,(H,17,22). The lowest BCUT2D eigenvalue weighted by atomic mass is 10.1. The van der Waals surface area contributed by atoms with E-state index in [9.17, 15) is 9.59 Å². The molecule has 8 nitrogen and oxygen atoms in total. The summed E-state index contributed by atoms with van der Waals surface area (Å²) in [6, 6.07) is 1.87. The first-order valence-electron chi connectivity index (χ1n) is 8.24. The molecule has 2 heterocycles. The van der Waals surface area contributed by atoms with Crippen LogP contribution in [0.5, 0.6) is 0 Å². The highest BCUT2D eigenvalue weighted by atomic mass is 16.5. The van der Waals surface area contributed by atoms with Gasteiger partial charge in [-0.1, -0.05) is 0 Å². The SMILES string of the molecule is Cc1cc(C(=O)NCCN(C(=O)N(C)C)C2CCOCC2)n(C)n1. The Hall–Kier alpha value is -2.09. The first-order chi connectivity index (χ1) is 11.4. The Kier molecular flexibility index (Phi) is 6.19. The quantitative estimate of drug-likeness (QED) is 0.854. The van der Waals surface area contributed by atoms with Crippen LogP contribution in [0.3, 0.4) is 0 Å². The molecule has 0 saturated carbocycles. The van der Waals surface area contributed by atoms with E-state index in [1.165, 1.54) is 0 Å². The smallest absolute Gasteiger partial charge is 0.319 e. The van der Waals surface area contributed by atoms with Crippen molar-refractivity contribution in [3.05, 3.63) is 17.5 Å². The van der Waals surface area contributed by atoms with Gasteiger partial charge < -0.3 is 19.9 Å². The average molecular weight is 337 g/mol. The number of hydrogen-bond donors (Lipinski definition) is 1. The number of nitrogens with zero attached hydrogens (tertiary/aromatic N) is 4. The predicted molar refractivity (Wildman–Crippen MR) is 89.9 cm³/mol. The number of aryl methyl sites for hydroxylation is 2. The molecule has 1 aromatic rings. The second kappa shape index (κ2) is 8.14. The number of aromatic nitrogens is 2. The summed E-state index contributed by atoms with van der Waals surface area (Å²) in [5, 5.41) is 7.04. The number of ether oxygens (including phenoxy) is 1. The molecule has 134 valence electrons. The molecule has 24 heavy (non-hydrogen) atoms. The van der Waals surface area contributed by atoms with E-state index in [0.29, 0.717) is 32.0 Å². The Morgan fingerprint density at radius 2 is 2.04 bits per heavy atom. The zero-order valence-electron chi connectivity index (χ0n) is 14.9. The number of carbonyl (C=O) groups excluding carboxylic acids is 2. The van der Waals surface area contributed by atoms with Crippen LogP contribution in [-0.4, -0.2) is 78.0 Å². The lowest BCUT2D eigenvalue weighted by Gasteiger charge is -2.36. The summed E-state index contributed by atoms with van der Waals surface area (Å²) in [6.07, 6.45) is 1.66. The summed E-state index contributed by atoms with van der Waals surface area (Å²) >= 11 is 0. The van der Waals surface area contributed by atoms with Gasteiger partial charge in [-0.25, -0.2) is 4.79 Å². The fourth-order valence-corrected chi connectivity index (χ4v) is 2.89. The van der Waals surface area contributed by atoms with Crippen molar-refractivity contribution in [2.75, 3.05) is 40.4 Å². The van der Waals surface area contributed by atoms with Crippen molar-refractivity contribution in [3.8, 4) is 0 Å². The number of carbonyl (C=O) groups is 2. The topological polar surface area (TPSA) is 79.7 Å². The van der Waals surface area contributed by atoms with Gasteiger partial charge >= 0.3 is 6.03 Å². The summed E-state index contributed by atoms with van der Waals surface area (Å²) in [5.41, 5.74) is 1.32. The van der Waals surface area contributed by atoms with Gasteiger partial charge in [0.25, 0.3) is 5.91 Å². The first-order valence-corrected chi connectivity index (χ1v) is 8.24. The van der Waals surface area contributed by atoms with Crippen LogP contribution in [0.25, 0.3) is 0 Å². The Labute approximate surface area is 142 Å². The van der Waals surface area contributed by atoms with Crippen molar-refractivity contribution in [1.82, 2.24) is 24.9 Å². The molecule has 8 heteroatoms. The highest BCUT2D eigenvalue weighted by Gasteiger charge is 2.26. The number of urea groups is 1. The maximum atomic E-state index is 12.4. The zero-order chi connectivity index (χ0) is 17.7. The van der Waals surface area contributed by atoms with Crippen molar-refractivity contribution >= 4 is 11.9 Å². The van der Waals surface area contributed by atoms with E-state index < -0.39 is 0 Å². The largest absolute Gasteiger partial charge is 0.381 e. The Morgan fingerprint density at radius 3 is 2.58 bits per heavy atom. The fourth-order valence-electron chi connectivity index (χ4n) is 2.89. The van der Waals surface area contributed by atoms with Crippen LogP contribution in [0.4, 0.5) is 4.79 Å². The summed E-state index contributed by atoms with van der Waals surface area (Å²) < 4.78 is 6.94. The highest BCUT2D eigenvalue weighted by molar-refractivity contribution is 5.92. The normalized spacial score (nSPS) is 15.2. The van der Waals surface area contributed by atoms with E-state index in [-0.39, 0.29) is 18.0 Å². The van der Waals surface area contributed by atoms with E-state index in [4.69, 9.17) is 4.74 Å². The molecular weight excluding hydrogens is 310 g/mol. The molecule has 0 bridgehead atoms. The third-order valence-electron chi connectivity index (χ3n) is 4.13. The lowest BCUT2D eigenvalue weighted by Crippen LogP contribution is -2.50. The van der Waals surface area contributed by atoms with Gasteiger partial charge in [-0.2, -0.15) is 5.10 Å². The average Bonchev–Trinajstić information content (AvgIpc) is 2.90. The predicted octanol–water partition coefficient (Wildman–Crippen LogP) is 0.621. The molecule has 0 radical (unpaired) electrons. The maximum absolute atomic E-state index is 12.4. The van der Waals surface area contributed by atoms with Gasteiger partial charge in [0.1, 0.15) is 5.69 Å². The highest BCUT2D eigenvalue weighted by Crippen LogP contribution is 2.15. The van der Waals surface area contributed by atoms with Gasteiger partial charge in [0, 0.05) is 53.5 Å². The van der Waals surface area contributed by atoms with Gasteiger partial charge in [0.05, 0.1) is 5.69 Å². The van der Waals surface area contributed by atoms with E-state index in [1.54, 1.807) is 36.8 Å². The zero-order valence-corrected chi connectivity index (χ0v) is 14.9. The number of amides is 3. The number of hydrogen-bond acceptors (Lipinski definition) is 4. The van der Waals surface area contributed by atoms with Gasteiger partial charge in [-0.15, -0.1) is 0 Å². The molecule has 1 saturated heterocycles. The molecule has 0 atom stereocenters. The van der Waals surface area contributed by atoms with E-state index >= 15 is 0 Å². The van der Waals surface area contributed by atoms with E-state index in [1.807, 2.05) is 11.8 Å². The van der Waals surface area contributed by atoms with Crippen LogP contribution in [0.1, 0.15) is 29.0 Å². The Balaban J connectivity index is 1.93. The van der Waals surface area contributed by atoms with Crippen molar-refractivity contribution in [2.24, 2.45) is 7.05 Å². The molecule has 0 unspecified atom stereocenters. The minimum atomic E-state index is -0.178. The third-order valence-corrected chi connectivity index (χ3v) is 4.13. The summed E-state index contributed by atoms with van der Waals surface area (Å²) in [5.74, 6) is -0.178. The maximum Gasteiger partial charge on any atom is 0.319 e. The minimum absolute atomic E-state index is 0.0347. The fraction of sp³-hybridized carbons (Fsp3) is 0.688. The molecule has 1 N–H and O–H groups in total. The monoisotopic (exact) mass is 337 g/mol. The van der Waals surface area contributed by atoms with Crippen LogP contribution in [0.2, 0.25) is 0 Å². The number of nitrogens with one attached hydrogen (secondary N) is 1. The summed E-state index contributed by atoms with van der Waals surface area (Å²) in [4.78, 5) is 28.1. The molecular formula is C16H27N5O3. The molecule has 0 spiro atoms. The van der Waals surface area contributed by atoms with Crippen molar-refractivity contribution in [1.29, 1.82) is 0 Å². The molecule has 3 amide bonds. The second-order valence-electron chi connectivity index (χ2n) is 6.26. The Bertz CT molecular complexity index is 578. The summed E-state index contributed by atoms with van der Waals surface area (Å²) in [6.45, 7) is 4.06. The van der Waals surface area contributed by atoms with Crippen molar-refractivity contribution in [3.63, 3.8) is 0 Å². The van der Waals surface area contributed by atoms with Gasteiger partial charge in [0.2, 0.25) is 0 Å². The molecule has 0 aromatic carbocycles. The van der Waals surface area contributed by atoms with Crippen LogP contribution in [0, 0.1) is 6.92 Å². The van der Waals surface area contributed by atoms with Gasteiger partial charge in [-0.05, 0) is 25.8 Å². The van der Waals surface area contributed by atoms with E-state index in [2.05, 4.69) is 10.4 Å². The molecule has 1 aromatic heterocycles. The Morgan fingerprint density at radius 1 is 1.38 bits per heavy atom. The van der Waals surface area contributed by atoms with E-state index in [0.717, 1.165) is 18.5 Å². The van der Waals surface area contributed by atoms with Crippen molar-refractivity contribution < 1.29 is 14.3 Å².